The lowest BCUT2D eigenvalue weighted by Gasteiger charge is -2.33. The Morgan fingerprint density at radius 2 is 2.24 bits per heavy atom. The van der Waals surface area contributed by atoms with Crippen LogP contribution in [-0.4, -0.2) is 56.8 Å². The molecule has 1 rings (SSSR count). The van der Waals surface area contributed by atoms with Crippen LogP contribution in [0.3, 0.4) is 0 Å². The molecule has 0 radical (unpaired) electrons. The average molecular weight is 266 g/mol. The Balaban J connectivity index is 2.49. The van der Waals surface area contributed by atoms with Gasteiger partial charge in [-0.3, -0.25) is 0 Å². The Labute approximate surface area is 103 Å². The van der Waals surface area contributed by atoms with E-state index in [0.717, 1.165) is 19.3 Å². The molecule has 2 N–H and O–H groups in total. The van der Waals surface area contributed by atoms with Gasteiger partial charge in [-0.1, -0.05) is 6.42 Å². The van der Waals surface area contributed by atoms with Crippen LogP contribution in [0.2, 0.25) is 0 Å². The van der Waals surface area contributed by atoms with E-state index in [2.05, 4.69) is 4.72 Å². The lowest BCUT2D eigenvalue weighted by atomic mass is 10.1. The van der Waals surface area contributed by atoms with Crippen molar-refractivity contribution in [2.75, 3.05) is 32.9 Å². The number of hydrogen-bond donors (Lipinski definition) is 2. The summed E-state index contributed by atoms with van der Waals surface area (Å²) < 4.78 is 32.9. The van der Waals surface area contributed by atoms with Gasteiger partial charge in [0.25, 0.3) is 10.2 Å². The first-order valence-electron chi connectivity index (χ1n) is 6.07. The second kappa shape index (κ2) is 7.27. The van der Waals surface area contributed by atoms with Crippen molar-refractivity contribution in [1.29, 1.82) is 0 Å². The van der Waals surface area contributed by atoms with E-state index in [1.165, 1.54) is 4.31 Å². The number of aliphatic hydroxyl groups excluding tert-OH is 1. The van der Waals surface area contributed by atoms with E-state index < -0.39 is 10.2 Å². The quantitative estimate of drug-likeness (QED) is 0.620. The molecule has 0 aromatic rings. The van der Waals surface area contributed by atoms with Crippen LogP contribution >= 0.6 is 0 Å². The van der Waals surface area contributed by atoms with Gasteiger partial charge in [0.05, 0.1) is 13.2 Å². The molecule has 17 heavy (non-hydrogen) atoms. The third-order valence-corrected chi connectivity index (χ3v) is 4.49. The van der Waals surface area contributed by atoms with Crippen LogP contribution in [0.4, 0.5) is 0 Å². The molecule has 1 heterocycles. The van der Waals surface area contributed by atoms with Crippen molar-refractivity contribution in [2.24, 2.45) is 0 Å². The van der Waals surface area contributed by atoms with Crippen LogP contribution in [-0.2, 0) is 14.9 Å². The summed E-state index contributed by atoms with van der Waals surface area (Å²) in [5.74, 6) is 0. The van der Waals surface area contributed by atoms with Crippen LogP contribution in [0.5, 0.6) is 0 Å². The standard InChI is InChI=1S/C10H22N2O4S/c1-2-16-8-6-11-17(14,15)12-7-4-3-5-10(12)9-13/h10-11,13H,2-9H2,1H3. The second-order valence-corrected chi connectivity index (χ2v) is 5.75. The molecule has 0 saturated carbocycles. The predicted octanol–water partition coefficient (Wildman–Crippen LogP) is -0.296. The van der Waals surface area contributed by atoms with Crippen molar-refractivity contribution in [1.82, 2.24) is 9.03 Å². The van der Waals surface area contributed by atoms with E-state index in [4.69, 9.17) is 4.74 Å². The highest BCUT2D eigenvalue weighted by Crippen LogP contribution is 2.19. The first-order valence-corrected chi connectivity index (χ1v) is 7.51. The van der Waals surface area contributed by atoms with Crippen LogP contribution < -0.4 is 4.72 Å². The van der Waals surface area contributed by atoms with Crippen molar-refractivity contribution >= 4 is 10.2 Å². The minimum absolute atomic E-state index is 0.119. The van der Waals surface area contributed by atoms with Gasteiger partial charge in [0.15, 0.2) is 0 Å². The molecule has 1 aliphatic heterocycles. The number of ether oxygens (including phenoxy) is 1. The van der Waals surface area contributed by atoms with Crippen LogP contribution in [0.15, 0.2) is 0 Å². The molecule has 0 bridgehead atoms. The van der Waals surface area contributed by atoms with Crippen LogP contribution in [0, 0.1) is 0 Å². The molecule has 1 fully saturated rings. The van der Waals surface area contributed by atoms with Crippen molar-refractivity contribution < 1.29 is 18.3 Å². The molecule has 0 aromatic heterocycles. The van der Waals surface area contributed by atoms with Crippen LogP contribution in [0.1, 0.15) is 26.2 Å². The zero-order valence-corrected chi connectivity index (χ0v) is 11.1. The van der Waals surface area contributed by atoms with Gasteiger partial charge in [-0.05, 0) is 19.8 Å². The van der Waals surface area contributed by atoms with Gasteiger partial charge in [-0.2, -0.15) is 17.4 Å². The number of piperidine rings is 1. The molecule has 102 valence electrons. The zero-order chi connectivity index (χ0) is 12.7. The summed E-state index contributed by atoms with van der Waals surface area (Å²) in [4.78, 5) is 0. The maximum absolute atomic E-state index is 12.0. The number of hydrogen-bond acceptors (Lipinski definition) is 4. The lowest BCUT2D eigenvalue weighted by molar-refractivity contribution is 0.146. The first-order chi connectivity index (χ1) is 8.11. The molecule has 1 atom stereocenters. The number of nitrogens with one attached hydrogen (secondary N) is 1. The second-order valence-electron chi connectivity index (χ2n) is 4.04. The fourth-order valence-electron chi connectivity index (χ4n) is 1.94. The molecule has 6 nitrogen and oxygen atoms in total. The van der Waals surface area contributed by atoms with Gasteiger partial charge < -0.3 is 9.84 Å². The van der Waals surface area contributed by atoms with E-state index in [9.17, 15) is 13.5 Å². The Morgan fingerprint density at radius 1 is 1.47 bits per heavy atom. The molecular formula is C10H22N2O4S. The Morgan fingerprint density at radius 3 is 2.88 bits per heavy atom. The van der Waals surface area contributed by atoms with Crippen molar-refractivity contribution in [3.8, 4) is 0 Å². The summed E-state index contributed by atoms with van der Waals surface area (Å²) in [5.41, 5.74) is 0. The maximum Gasteiger partial charge on any atom is 0.279 e. The van der Waals surface area contributed by atoms with Crippen molar-refractivity contribution in [2.45, 2.75) is 32.2 Å². The Bertz CT molecular complexity index is 307. The summed E-state index contributed by atoms with van der Waals surface area (Å²) in [5, 5.41) is 9.18. The lowest BCUT2D eigenvalue weighted by Crippen LogP contribution is -2.50. The van der Waals surface area contributed by atoms with Crippen molar-refractivity contribution in [3.63, 3.8) is 0 Å². The van der Waals surface area contributed by atoms with Gasteiger partial charge >= 0.3 is 0 Å². The Kier molecular flexibility index (Phi) is 6.35. The maximum atomic E-state index is 12.0. The molecule has 0 spiro atoms. The molecule has 7 heteroatoms. The van der Waals surface area contributed by atoms with Crippen molar-refractivity contribution in [3.05, 3.63) is 0 Å². The molecule has 0 aromatic carbocycles. The first kappa shape index (κ1) is 14.8. The number of rotatable bonds is 7. The van der Waals surface area contributed by atoms with Gasteiger partial charge in [-0.25, -0.2) is 0 Å². The molecule has 0 amide bonds. The SMILES string of the molecule is CCOCCNS(=O)(=O)N1CCCCC1CO. The van der Waals surface area contributed by atoms with E-state index in [-0.39, 0.29) is 19.2 Å². The molecule has 1 aliphatic rings. The van der Waals surface area contributed by atoms with E-state index in [0.29, 0.717) is 19.8 Å². The topological polar surface area (TPSA) is 78.9 Å². The van der Waals surface area contributed by atoms with E-state index in [1.807, 2.05) is 6.92 Å². The minimum atomic E-state index is -3.48. The highest BCUT2D eigenvalue weighted by Gasteiger charge is 2.31. The molecular weight excluding hydrogens is 244 g/mol. The van der Waals surface area contributed by atoms with Gasteiger partial charge in [0, 0.05) is 25.7 Å². The van der Waals surface area contributed by atoms with Gasteiger partial charge in [0.2, 0.25) is 0 Å². The molecule has 1 unspecified atom stereocenters. The smallest absolute Gasteiger partial charge is 0.279 e. The molecule has 0 aliphatic carbocycles. The normalized spacial score (nSPS) is 22.8. The highest BCUT2D eigenvalue weighted by molar-refractivity contribution is 7.87. The average Bonchev–Trinajstić information content (AvgIpc) is 2.34. The van der Waals surface area contributed by atoms with E-state index >= 15 is 0 Å². The third-order valence-electron chi connectivity index (χ3n) is 2.83. The Hall–Kier alpha value is -0.210. The van der Waals surface area contributed by atoms with Gasteiger partial charge in [-0.15, -0.1) is 0 Å². The summed E-state index contributed by atoms with van der Waals surface area (Å²) in [6.07, 6.45) is 2.54. The third kappa shape index (κ3) is 4.51. The summed E-state index contributed by atoms with van der Waals surface area (Å²) >= 11 is 0. The fraction of sp³-hybridized carbons (Fsp3) is 1.00. The summed E-state index contributed by atoms with van der Waals surface area (Å²) in [7, 11) is -3.48. The fourth-order valence-corrected chi connectivity index (χ4v) is 3.38. The van der Waals surface area contributed by atoms with E-state index in [1.54, 1.807) is 0 Å². The number of nitrogens with zero attached hydrogens (tertiary/aromatic N) is 1. The zero-order valence-electron chi connectivity index (χ0n) is 10.3. The summed E-state index contributed by atoms with van der Waals surface area (Å²) in [6.45, 7) is 3.44. The largest absolute Gasteiger partial charge is 0.395 e. The monoisotopic (exact) mass is 266 g/mol. The predicted molar refractivity (Wildman–Crippen MR) is 64.8 cm³/mol. The highest BCUT2D eigenvalue weighted by atomic mass is 32.2. The minimum Gasteiger partial charge on any atom is -0.395 e. The van der Waals surface area contributed by atoms with Crippen LogP contribution in [0.25, 0.3) is 0 Å². The summed E-state index contributed by atoms with van der Waals surface area (Å²) in [6, 6.07) is -0.284. The van der Waals surface area contributed by atoms with Gasteiger partial charge in [0.1, 0.15) is 0 Å². The number of aliphatic hydroxyl groups is 1. The molecule has 1 saturated heterocycles.